The smallest absolute Gasteiger partial charge is 0.226 e. The van der Waals surface area contributed by atoms with Gasteiger partial charge in [-0.2, -0.15) is 0 Å². The van der Waals surface area contributed by atoms with Gasteiger partial charge in [0, 0.05) is 24.4 Å². The summed E-state index contributed by atoms with van der Waals surface area (Å²) in [6.07, 6.45) is 1.11. The number of carbonyl (C=O) groups is 1. The third-order valence-corrected chi connectivity index (χ3v) is 3.06. The van der Waals surface area contributed by atoms with Gasteiger partial charge >= 0.3 is 0 Å². The van der Waals surface area contributed by atoms with E-state index in [1.165, 1.54) is 11.3 Å². The molecule has 0 saturated heterocycles. The SMILES string of the molecule is Cc1cc(C)nc(NCCCC(=O)Nc2nncs2)n1. The molecule has 0 aromatic carbocycles. The summed E-state index contributed by atoms with van der Waals surface area (Å²) in [7, 11) is 0. The van der Waals surface area contributed by atoms with Gasteiger partial charge in [0.2, 0.25) is 17.0 Å². The minimum absolute atomic E-state index is 0.0649. The first-order valence-corrected chi connectivity index (χ1v) is 7.13. The zero-order valence-corrected chi connectivity index (χ0v) is 12.2. The van der Waals surface area contributed by atoms with Crippen LogP contribution in [0.2, 0.25) is 0 Å². The molecule has 0 aliphatic heterocycles. The summed E-state index contributed by atoms with van der Waals surface area (Å²) in [6, 6.07) is 1.92. The van der Waals surface area contributed by atoms with Gasteiger partial charge in [-0.3, -0.25) is 4.79 Å². The number of carbonyl (C=O) groups excluding carboxylic acids is 1. The number of nitrogens with one attached hydrogen (secondary N) is 2. The van der Waals surface area contributed by atoms with Crippen molar-refractivity contribution < 1.29 is 4.79 Å². The number of anilines is 2. The predicted octanol–water partition coefficient (Wildman–Crippen LogP) is 1.78. The maximum absolute atomic E-state index is 11.6. The molecule has 0 fully saturated rings. The number of hydrogen-bond donors (Lipinski definition) is 2. The van der Waals surface area contributed by atoms with Gasteiger partial charge in [0.25, 0.3) is 0 Å². The van der Waals surface area contributed by atoms with E-state index < -0.39 is 0 Å². The molecule has 0 spiro atoms. The Labute approximate surface area is 120 Å². The number of amides is 1. The van der Waals surface area contributed by atoms with E-state index in [1.54, 1.807) is 5.51 Å². The summed E-state index contributed by atoms with van der Waals surface area (Å²) in [6.45, 7) is 4.50. The molecule has 0 aliphatic rings. The minimum Gasteiger partial charge on any atom is -0.354 e. The van der Waals surface area contributed by atoms with Gasteiger partial charge in [0.15, 0.2) is 0 Å². The zero-order chi connectivity index (χ0) is 14.4. The lowest BCUT2D eigenvalue weighted by Crippen LogP contribution is -2.14. The first kappa shape index (κ1) is 14.3. The summed E-state index contributed by atoms with van der Waals surface area (Å²) >= 11 is 1.30. The molecule has 0 atom stereocenters. The van der Waals surface area contributed by atoms with Gasteiger partial charge in [-0.25, -0.2) is 9.97 Å². The van der Waals surface area contributed by atoms with E-state index in [-0.39, 0.29) is 5.91 Å². The summed E-state index contributed by atoms with van der Waals surface area (Å²) in [5.74, 6) is 0.539. The Balaban J connectivity index is 1.69. The van der Waals surface area contributed by atoms with Gasteiger partial charge in [0.05, 0.1) is 0 Å². The quantitative estimate of drug-likeness (QED) is 0.788. The molecule has 0 saturated carbocycles. The molecule has 2 aromatic heterocycles. The van der Waals surface area contributed by atoms with Crippen LogP contribution in [0.25, 0.3) is 0 Å². The first-order chi connectivity index (χ1) is 9.63. The topological polar surface area (TPSA) is 92.7 Å². The maximum Gasteiger partial charge on any atom is 0.226 e. The molecule has 2 rings (SSSR count). The number of aromatic nitrogens is 4. The Morgan fingerprint density at radius 1 is 1.30 bits per heavy atom. The predicted molar refractivity (Wildman–Crippen MR) is 77.8 cm³/mol. The fourth-order valence-electron chi connectivity index (χ4n) is 1.66. The second-order valence-corrected chi connectivity index (χ2v) is 5.13. The van der Waals surface area contributed by atoms with E-state index in [9.17, 15) is 4.79 Å². The first-order valence-electron chi connectivity index (χ1n) is 6.25. The molecular formula is C12H16N6OS. The van der Waals surface area contributed by atoms with Crippen LogP contribution in [0.5, 0.6) is 0 Å². The Bertz CT molecular complexity index is 551. The van der Waals surface area contributed by atoms with E-state index in [2.05, 4.69) is 30.8 Å². The van der Waals surface area contributed by atoms with Crippen molar-refractivity contribution >= 4 is 28.3 Å². The lowest BCUT2D eigenvalue weighted by molar-refractivity contribution is -0.116. The lowest BCUT2D eigenvalue weighted by Gasteiger charge is -2.06. The molecule has 106 valence electrons. The summed E-state index contributed by atoms with van der Waals surface area (Å²) < 4.78 is 0. The van der Waals surface area contributed by atoms with Crippen LogP contribution in [0.4, 0.5) is 11.1 Å². The molecule has 7 nitrogen and oxygen atoms in total. The van der Waals surface area contributed by atoms with Crippen LogP contribution in [0.3, 0.4) is 0 Å². The molecule has 1 amide bonds. The van der Waals surface area contributed by atoms with Crippen LogP contribution < -0.4 is 10.6 Å². The van der Waals surface area contributed by atoms with Crippen molar-refractivity contribution in [2.75, 3.05) is 17.2 Å². The van der Waals surface area contributed by atoms with Crippen molar-refractivity contribution in [1.82, 2.24) is 20.2 Å². The fraction of sp³-hybridized carbons (Fsp3) is 0.417. The molecular weight excluding hydrogens is 276 g/mol. The maximum atomic E-state index is 11.6. The molecule has 0 aliphatic carbocycles. The van der Waals surface area contributed by atoms with Crippen LogP contribution in [-0.2, 0) is 4.79 Å². The highest BCUT2D eigenvalue weighted by Crippen LogP contribution is 2.09. The van der Waals surface area contributed by atoms with Crippen molar-refractivity contribution in [2.45, 2.75) is 26.7 Å². The number of aryl methyl sites for hydroxylation is 2. The average molecular weight is 292 g/mol. The van der Waals surface area contributed by atoms with Crippen molar-refractivity contribution in [2.24, 2.45) is 0 Å². The van der Waals surface area contributed by atoms with E-state index in [4.69, 9.17) is 0 Å². The molecule has 8 heteroatoms. The van der Waals surface area contributed by atoms with Crippen molar-refractivity contribution in [3.8, 4) is 0 Å². The van der Waals surface area contributed by atoms with Gasteiger partial charge in [-0.15, -0.1) is 10.2 Å². The highest BCUT2D eigenvalue weighted by atomic mass is 32.1. The third kappa shape index (κ3) is 4.54. The average Bonchev–Trinajstić information content (AvgIpc) is 2.86. The monoisotopic (exact) mass is 292 g/mol. The van der Waals surface area contributed by atoms with Crippen LogP contribution >= 0.6 is 11.3 Å². The van der Waals surface area contributed by atoms with E-state index in [0.717, 1.165) is 11.4 Å². The summed E-state index contributed by atoms with van der Waals surface area (Å²) in [5, 5.41) is 13.7. The van der Waals surface area contributed by atoms with Crippen LogP contribution in [-0.4, -0.2) is 32.6 Å². The molecule has 2 aromatic rings. The third-order valence-electron chi connectivity index (χ3n) is 2.45. The van der Waals surface area contributed by atoms with Crippen molar-refractivity contribution in [3.63, 3.8) is 0 Å². The summed E-state index contributed by atoms with van der Waals surface area (Å²) in [5.41, 5.74) is 3.43. The second-order valence-electron chi connectivity index (χ2n) is 4.30. The van der Waals surface area contributed by atoms with Gasteiger partial charge in [0.1, 0.15) is 5.51 Å². The van der Waals surface area contributed by atoms with E-state index in [1.807, 2.05) is 19.9 Å². The minimum atomic E-state index is -0.0649. The second kappa shape index (κ2) is 6.90. The van der Waals surface area contributed by atoms with Gasteiger partial charge in [-0.05, 0) is 26.3 Å². The standard InChI is InChI=1S/C12H16N6OS/c1-8-6-9(2)16-11(15-8)13-5-3-4-10(19)17-12-18-14-7-20-12/h6-7H,3-5H2,1-2H3,(H,13,15,16)(H,17,18,19). The Morgan fingerprint density at radius 3 is 2.70 bits per heavy atom. The highest BCUT2D eigenvalue weighted by Gasteiger charge is 2.04. The van der Waals surface area contributed by atoms with Gasteiger partial charge < -0.3 is 10.6 Å². The zero-order valence-electron chi connectivity index (χ0n) is 11.4. The Kier molecular flexibility index (Phi) is 4.94. The molecule has 0 bridgehead atoms. The Morgan fingerprint density at radius 2 is 2.05 bits per heavy atom. The number of hydrogen-bond acceptors (Lipinski definition) is 7. The lowest BCUT2D eigenvalue weighted by atomic mass is 10.3. The summed E-state index contributed by atoms with van der Waals surface area (Å²) in [4.78, 5) is 20.1. The van der Waals surface area contributed by atoms with Crippen molar-refractivity contribution in [1.29, 1.82) is 0 Å². The van der Waals surface area contributed by atoms with E-state index in [0.29, 0.717) is 30.5 Å². The number of rotatable bonds is 6. The Hall–Kier alpha value is -2.09. The van der Waals surface area contributed by atoms with Crippen LogP contribution in [0.1, 0.15) is 24.2 Å². The molecule has 0 unspecified atom stereocenters. The van der Waals surface area contributed by atoms with Gasteiger partial charge in [-0.1, -0.05) is 11.3 Å². The molecule has 2 heterocycles. The fourth-order valence-corrected chi connectivity index (χ4v) is 2.12. The van der Waals surface area contributed by atoms with Crippen LogP contribution in [0, 0.1) is 13.8 Å². The largest absolute Gasteiger partial charge is 0.354 e. The van der Waals surface area contributed by atoms with Crippen LogP contribution in [0.15, 0.2) is 11.6 Å². The molecule has 2 N–H and O–H groups in total. The molecule has 20 heavy (non-hydrogen) atoms. The highest BCUT2D eigenvalue weighted by molar-refractivity contribution is 7.13. The number of nitrogens with zero attached hydrogens (tertiary/aromatic N) is 4. The van der Waals surface area contributed by atoms with Crippen molar-refractivity contribution in [3.05, 3.63) is 23.0 Å². The van der Waals surface area contributed by atoms with E-state index >= 15 is 0 Å². The molecule has 0 radical (unpaired) electrons. The normalized spacial score (nSPS) is 10.3.